The standard InChI is InChI=1S/C21H19ClF5N5O2/c1-10(21(25,26)27)34-16-8-11(19-31-30-17-9-28-5-6-32(17)19)15(24)7-12(16)20(33)29-18-13(22)3-2-4-14(18)23/h2-4,7-8,10,20,28-29,33H,5-6,9H2,1H3/t10-,20?/m0/s1. The largest absolute Gasteiger partial charge is 0.481 e. The minimum atomic E-state index is -4.74. The van der Waals surface area contributed by atoms with Gasteiger partial charge in [0.1, 0.15) is 23.2 Å². The number of fused-ring (bicyclic) bond motifs is 1. The van der Waals surface area contributed by atoms with Gasteiger partial charge >= 0.3 is 6.18 Å². The molecule has 3 aromatic rings. The molecule has 1 aliphatic heterocycles. The SMILES string of the molecule is C[C@H](Oc1cc(-c2nnc3n2CCNC3)c(F)cc1C(O)Nc1c(F)cccc1Cl)C(F)(F)F. The van der Waals surface area contributed by atoms with Crippen LogP contribution in [0.15, 0.2) is 30.3 Å². The Kier molecular flexibility index (Phi) is 6.65. The van der Waals surface area contributed by atoms with Gasteiger partial charge < -0.3 is 25.0 Å². The molecule has 0 bridgehead atoms. The molecule has 0 radical (unpaired) electrons. The second kappa shape index (κ2) is 9.35. The van der Waals surface area contributed by atoms with Gasteiger partial charge in [0.2, 0.25) is 0 Å². The van der Waals surface area contributed by atoms with Gasteiger partial charge in [0.05, 0.1) is 22.8 Å². The fraction of sp³-hybridized carbons (Fsp3) is 0.333. The van der Waals surface area contributed by atoms with E-state index < -0.39 is 41.5 Å². The van der Waals surface area contributed by atoms with E-state index in [-0.39, 0.29) is 22.1 Å². The van der Waals surface area contributed by atoms with Crippen LogP contribution < -0.4 is 15.4 Å². The van der Waals surface area contributed by atoms with Crippen LogP contribution in [0.1, 0.15) is 24.5 Å². The normalized spacial score (nSPS) is 15.5. The van der Waals surface area contributed by atoms with Crippen LogP contribution in [0, 0.1) is 11.6 Å². The smallest absolute Gasteiger partial charge is 0.425 e. The zero-order valence-corrected chi connectivity index (χ0v) is 18.4. The van der Waals surface area contributed by atoms with Gasteiger partial charge in [0, 0.05) is 18.7 Å². The lowest BCUT2D eigenvalue weighted by Crippen LogP contribution is -2.32. The van der Waals surface area contributed by atoms with Gasteiger partial charge in [0.25, 0.3) is 0 Å². The van der Waals surface area contributed by atoms with Crippen LogP contribution in [0.25, 0.3) is 11.4 Å². The number of nitrogens with one attached hydrogen (secondary N) is 2. The number of para-hydroxylation sites is 1. The molecule has 3 N–H and O–H groups in total. The van der Waals surface area contributed by atoms with Crippen LogP contribution in [0.2, 0.25) is 5.02 Å². The lowest BCUT2D eigenvalue weighted by atomic mass is 10.1. The zero-order chi connectivity index (χ0) is 24.6. The number of anilines is 1. The zero-order valence-electron chi connectivity index (χ0n) is 17.6. The molecule has 0 fully saturated rings. The molecule has 0 spiro atoms. The minimum Gasteiger partial charge on any atom is -0.481 e. The third-order valence-electron chi connectivity index (χ3n) is 5.27. The Hall–Kier alpha value is -2.96. The first-order valence-corrected chi connectivity index (χ1v) is 10.5. The van der Waals surface area contributed by atoms with Gasteiger partial charge in [-0.2, -0.15) is 13.2 Å². The Labute approximate surface area is 195 Å². The van der Waals surface area contributed by atoms with Crippen molar-refractivity contribution in [2.24, 2.45) is 0 Å². The third kappa shape index (κ3) is 4.79. The first-order valence-electron chi connectivity index (χ1n) is 10.1. The summed E-state index contributed by atoms with van der Waals surface area (Å²) < 4.78 is 75.7. The van der Waals surface area contributed by atoms with Crippen molar-refractivity contribution in [3.8, 4) is 17.1 Å². The summed E-state index contributed by atoms with van der Waals surface area (Å²) >= 11 is 5.95. The van der Waals surface area contributed by atoms with E-state index in [4.69, 9.17) is 16.3 Å². The fourth-order valence-corrected chi connectivity index (χ4v) is 3.67. The number of aromatic nitrogens is 3. The molecule has 0 amide bonds. The van der Waals surface area contributed by atoms with Crippen LogP contribution >= 0.6 is 11.6 Å². The highest BCUT2D eigenvalue weighted by atomic mass is 35.5. The van der Waals surface area contributed by atoms with Gasteiger partial charge in [-0.25, -0.2) is 8.78 Å². The van der Waals surface area contributed by atoms with Crippen molar-refractivity contribution in [1.82, 2.24) is 20.1 Å². The number of benzene rings is 2. The van der Waals surface area contributed by atoms with Gasteiger partial charge in [-0.05, 0) is 31.2 Å². The molecule has 1 aromatic heterocycles. The summed E-state index contributed by atoms with van der Waals surface area (Å²) in [5, 5.41) is 24.0. The Morgan fingerprint density at radius 3 is 2.68 bits per heavy atom. The number of hydrogen-bond donors (Lipinski definition) is 3. The monoisotopic (exact) mass is 503 g/mol. The summed E-state index contributed by atoms with van der Waals surface area (Å²) in [6, 6.07) is 5.56. The number of nitrogens with zero attached hydrogens (tertiary/aromatic N) is 3. The summed E-state index contributed by atoms with van der Waals surface area (Å²) in [5.74, 6) is -1.55. The molecule has 1 aliphatic rings. The predicted molar refractivity (Wildman–Crippen MR) is 113 cm³/mol. The van der Waals surface area contributed by atoms with E-state index in [1.165, 1.54) is 12.1 Å². The molecule has 13 heteroatoms. The van der Waals surface area contributed by atoms with Crippen LogP contribution in [-0.4, -0.2) is 38.7 Å². The quantitative estimate of drug-likeness (QED) is 0.341. The number of aliphatic hydroxyl groups excluding tert-OH is 1. The Bertz CT molecular complexity index is 1180. The molecule has 2 atom stereocenters. The summed E-state index contributed by atoms with van der Waals surface area (Å²) in [4.78, 5) is 0. The van der Waals surface area contributed by atoms with Crippen molar-refractivity contribution in [1.29, 1.82) is 0 Å². The van der Waals surface area contributed by atoms with E-state index in [1.54, 1.807) is 4.57 Å². The van der Waals surface area contributed by atoms with Crippen LogP contribution in [0.5, 0.6) is 5.75 Å². The average Bonchev–Trinajstić information content (AvgIpc) is 3.20. The number of halogens is 6. The molecule has 34 heavy (non-hydrogen) atoms. The lowest BCUT2D eigenvalue weighted by molar-refractivity contribution is -0.189. The molecule has 7 nitrogen and oxygen atoms in total. The highest BCUT2D eigenvalue weighted by Crippen LogP contribution is 2.37. The first kappa shape index (κ1) is 24.2. The maximum atomic E-state index is 15.2. The third-order valence-corrected chi connectivity index (χ3v) is 5.58. The molecule has 1 unspecified atom stereocenters. The Morgan fingerprint density at radius 2 is 1.97 bits per heavy atom. The summed E-state index contributed by atoms with van der Waals surface area (Å²) in [7, 11) is 0. The summed E-state index contributed by atoms with van der Waals surface area (Å²) in [6.07, 6.45) is -8.88. The van der Waals surface area contributed by atoms with Crippen molar-refractivity contribution >= 4 is 17.3 Å². The minimum absolute atomic E-state index is 0.0917. The number of hydrogen-bond acceptors (Lipinski definition) is 6. The highest BCUT2D eigenvalue weighted by Gasteiger charge is 2.39. The molecule has 0 aliphatic carbocycles. The topological polar surface area (TPSA) is 84.2 Å². The highest BCUT2D eigenvalue weighted by molar-refractivity contribution is 6.33. The second-order valence-electron chi connectivity index (χ2n) is 7.58. The number of alkyl halides is 3. The molecular weight excluding hydrogens is 485 g/mol. The maximum absolute atomic E-state index is 15.2. The molecule has 2 heterocycles. The van der Waals surface area contributed by atoms with Gasteiger partial charge in [-0.1, -0.05) is 17.7 Å². The van der Waals surface area contributed by atoms with E-state index in [2.05, 4.69) is 20.8 Å². The van der Waals surface area contributed by atoms with Gasteiger partial charge in [-0.3, -0.25) is 0 Å². The van der Waals surface area contributed by atoms with E-state index in [0.717, 1.165) is 25.1 Å². The Morgan fingerprint density at radius 1 is 1.21 bits per heavy atom. The number of aliphatic hydroxyl groups is 1. The van der Waals surface area contributed by atoms with Gasteiger partial charge in [0.15, 0.2) is 18.2 Å². The van der Waals surface area contributed by atoms with Crippen molar-refractivity contribution in [2.75, 3.05) is 11.9 Å². The summed E-state index contributed by atoms with van der Waals surface area (Å²) in [5.41, 5.74) is -0.864. The molecule has 0 saturated carbocycles. The van der Waals surface area contributed by atoms with Crippen molar-refractivity contribution in [2.45, 2.75) is 38.5 Å². The number of rotatable bonds is 6. The molecule has 0 saturated heterocycles. The first-order chi connectivity index (χ1) is 16.1. The lowest BCUT2D eigenvalue weighted by Gasteiger charge is -2.24. The molecule has 4 rings (SSSR count). The second-order valence-corrected chi connectivity index (χ2v) is 7.99. The summed E-state index contributed by atoms with van der Waals surface area (Å²) in [6.45, 7) is 2.15. The van der Waals surface area contributed by atoms with Crippen molar-refractivity contribution in [3.05, 3.63) is 58.4 Å². The number of ether oxygens (including phenoxy) is 1. The van der Waals surface area contributed by atoms with Crippen molar-refractivity contribution < 1.29 is 31.8 Å². The molecule has 182 valence electrons. The van der Waals surface area contributed by atoms with E-state index >= 15 is 4.39 Å². The van der Waals surface area contributed by atoms with Crippen molar-refractivity contribution in [3.63, 3.8) is 0 Å². The maximum Gasteiger partial charge on any atom is 0.425 e. The van der Waals surface area contributed by atoms with Crippen LogP contribution in [0.3, 0.4) is 0 Å². The van der Waals surface area contributed by atoms with E-state index in [1.807, 2.05) is 0 Å². The average molecular weight is 504 g/mol. The predicted octanol–water partition coefficient (Wildman–Crippen LogP) is 4.41. The molecule has 2 aromatic carbocycles. The van der Waals surface area contributed by atoms with E-state index in [0.29, 0.717) is 25.5 Å². The van der Waals surface area contributed by atoms with E-state index in [9.17, 15) is 22.7 Å². The fourth-order valence-electron chi connectivity index (χ4n) is 3.45. The Balaban J connectivity index is 1.77. The van der Waals surface area contributed by atoms with Crippen LogP contribution in [-0.2, 0) is 13.1 Å². The van der Waals surface area contributed by atoms with Gasteiger partial charge in [-0.15, -0.1) is 10.2 Å². The van der Waals surface area contributed by atoms with Crippen LogP contribution in [0.4, 0.5) is 27.6 Å². The molecular formula is C21H19ClF5N5O2.